The van der Waals surface area contributed by atoms with Crippen LogP contribution in [0, 0.1) is 0 Å². The van der Waals surface area contributed by atoms with Crippen LogP contribution in [0.15, 0.2) is 54.7 Å². The molecule has 0 fully saturated rings. The quantitative estimate of drug-likeness (QED) is 0.755. The number of amides is 1. The smallest absolute Gasteiger partial charge is 0.422 e. The van der Waals surface area contributed by atoms with Gasteiger partial charge in [-0.15, -0.1) is 0 Å². The van der Waals surface area contributed by atoms with Crippen LogP contribution in [0.2, 0.25) is 0 Å². The fraction of sp³-hybridized carbons (Fsp3) is 0.167. The van der Waals surface area contributed by atoms with Crippen molar-refractivity contribution in [1.82, 2.24) is 15.3 Å². The highest BCUT2D eigenvalue weighted by Gasteiger charge is 2.29. The fourth-order valence-corrected chi connectivity index (χ4v) is 2.30. The first-order valence-electron chi connectivity index (χ1n) is 7.70. The molecule has 0 bridgehead atoms. The molecule has 0 aliphatic rings. The van der Waals surface area contributed by atoms with Gasteiger partial charge in [0.1, 0.15) is 5.69 Å². The third kappa shape index (κ3) is 4.47. The Labute approximate surface area is 146 Å². The van der Waals surface area contributed by atoms with Crippen molar-refractivity contribution in [3.8, 4) is 5.88 Å². The average Bonchev–Trinajstić information content (AvgIpc) is 2.64. The Bertz CT molecular complexity index is 929. The van der Waals surface area contributed by atoms with E-state index in [2.05, 4.69) is 15.3 Å². The maximum atomic E-state index is 12.3. The Balaban J connectivity index is 1.69. The maximum Gasteiger partial charge on any atom is 0.422 e. The molecule has 3 aromatic rings. The first kappa shape index (κ1) is 17.7. The minimum Gasteiger partial charge on any atom is -0.468 e. The third-order valence-corrected chi connectivity index (χ3v) is 3.49. The van der Waals surface area contributed by atoms with Crippen LogP contribution in [0.1, 0.15) is 16.1 Å². The second-order valence-electron chi connectivity index (χ2n) is 5.44. The van der Waals surface area contributed by atoms with Crippen molar-refractivity contribution >= 4 is 16.8 Å². The number of ether oxygens (including phenoxy) is 1. The summed E-state index contributed by atoms with van der Waals surface area (Å²) in [5.41, 5.74) is 1.23. The van der Waals surface area contributed by atoms with Crippen LogP contribution in [-0.4, -0.2) is 28.7 Å². The summed E-state index contributed by atoms with van der Waals surface area (Å²) in [5.74, 6) is -0.613. The molecule has 0 saturated heterocycles. The number of aromatic nitrogens is 2. The summed E-state index contributed by atoms with van der Waals surface area (Å²) >= 11 is 0. The molecule has 1 N–H and O–H groups in total. The molecule has 1 amide bonds. The summed E-state index contributed by atoms with van der Waals surface area (Å²) in [6.07, 6.45) is -3.14. The van der Waals surface area contributed by atoms with Crippen molar-refractivity contribution in [3.63, 3.8) is 0 Å². The average molecular weight is 361 g/mol. The maximum absolute atomic E-state index is 12.3. The third-order valence-electron chi connectivity index (χ3n) is 3.49. The minimum absolute atomic E-state index is 0.0334. The van der Waals surface area contributed by atoms with Crippen LogP contribution in [0.25, 0.3) is 10.9 Å². The SMILES string of the molecule is O=C(NCc1cccnc1OCC(F)(F)F)c1ccc2ccccc2n1. The molecule has 0 spiro atoms. The van der Waals surface area contributed by atoms with E-state index < -0.39 is 18.7 Å². The van der Waals surface area contributed by atoms with Crippen LogP contribution in [0.3, 0.4) is 0 Å². The van der Waals surface area contributed by atoms with Gasteiger partial charge in [-0.2, -0.15) is 13.2 Å². The Morgan fingerprint density at radius 3 is 2.69 bits per heavy atom. The van der Waals surface area contributed by atoms with E-state index in [1.54, 1.807) is 24.3 Å². The molecule has 26 heavy (non-hydrogen) atoms. The summed E-state index contributed by atoms with van der Waals surface area (Å²) in [6.45, 7) is -1.48. The topological polar surface area (TPSA) is 64.1 Å². The molecule has 0 saturated carbocycles. The van der Waals surface area contributed by atoms with Crippen LogP contribution >= 0.6 is 0 Å². The molecule has 0 aliphatic carbocycles. The Hall–Kier alpha value is -3.16. The predicted octanol–water partition coefficient (Wildman–Crippen LogP) is 3.50. The molecule has 0 atom stereocenters. The van der Waals surface area contributed by atoms with E-state index in [1.807, 2.05) is 18.2 Å². The zero-order valence-corrected chi connectivity index (χ0v) is 13.5. The number of carbonyl (C=O) groups excluding carboxylic acids is 1. The van der Waals surface area contributed by atoms with Gasteiger partial charge in [0, 0.05) is 23.7 Å². The lowest BCUT2D eigenvalue weighted by Gasteiger charge is -2.12. The van der Waals surface area contributed by atoms with Gasteiger partial charge in [0.15, 0.2) is 6.61 Å². The Kier molecular flexibility index (Phi) is 5.01. The van der Waals surface area contributed by atoms with Crippen molar-refractivity contribution < 1.29 is 22.7 Å². The first-order valence-corrected chi connectivity index (χ1v) is 7.70. The van der Waals surface area contributed by atoms with Crippen LogP contribution in [0.4, 0.5) is 13.2 Å². The monoisotopic (exact) mass is 361 g/mol. The number of rotatable bonds is 5. The zero-order chi connectivity index (χ0) is 18.6. The van der Waals surface area contributed by atoms with Gasteiger partial charge >= 0.3 is 6.18 Å². The normalized spacial score (nSPS) is 11.3. The lowest BCUT2D eigenvalue weighted by atomic mass is 10.2. The number of hydrogen-bond acceptors (Lipinski definition) is 4. The summed E-state index contributed by atoms with van der Waals surface area (Å²) < 4.78 is 41.6. The molecule has 2 aromatic heterocycles. The summed E-state index contributed by atoms with van der Waals surface area (Å²) in [5, 5.41) is 3.52. The number of benzene rings is 1. The molecule has 0 radical (unpaired) electrons. The highest BCUT2D eigenvalue weighted by atomic mass is 19.4. The fourth-order valence-electron chi connectivity index (χ4n) is 2.30. The van der Waals surface area contributed by atoms with Gasteiger partial charge in [0.05, 0.1) is 5.52 Å². The van der Waals surface area contributed by atoms with Gasteiger partial charge in [-0.25, -0.2) is 9.97 Å². The number of alkyl halides is 3. The lowest BCUT2D eigenvalue weighted by Crippen LogP contribution is -2.25. The summed E-state index contributed by atoms with van der Waals surface area (Å²) in [4.78, 5) is 20.3. The molecule has 3 rings (SSSR count). The summed E-state index contributed by atoms with van der Waals surface area (Å²) in [7, 11) is 0. The standard InChI is InChI=1S/C18H14F3N3O2/c19-18(20,21)11-26-17-13(5-3-9-22-17)10-23-16(25)15-8-7-12-4-1-2-6-14(12)24-15/h1-9H,10-11H2,(H,23,25). The number of fused-ring (bicyclic) bond motifs is 1. The van der Waals surface area contributed by atoms with Crippen LogP contribution in [-0.2, 0) is 6.54 Å². The number of nitrogens with one attached hydrogen (secondary N) is 1. The van der Waals surface area contributed by atoms with E-state index in [1.165, 1.54) is 12.3 Å². The molecular formula is C18H14F3N3O2. The van der Waals surface area contributed by atoms with Crippen molar-refractivity contribution in [1.29, 1.82) is 0 Å². The van der Waals surface area contributed by atoms with E-state index in [9.17, 15) is 18.0 Å². The molecule has 134 valence electrons. The van der Waals surface area contributed by atoms with E-state index in [-0.39, 0.29) is 18.1 Å². The van der Waals surface area contributed by atoms with Gasteiger partial charge in [-0.05, 0) is 18.2 Å². The van der Waals surface area contributed by atoms with Crippen molar-refractivity contribution in [3.05, 3.63) is 66.0 Å². The molecular weight excluding hydrogens is 347 g/mol. The van der Waals surface area contributed by atoms with E-state index >= 15 is 0 Å². The summed E-state index contributed by atoms with van der Waals surface area (Å²) in [6, 6.07) is 13.8. The van der Waals surface area contributed by atoms with Crippen LogP contribution < -0.4 is 10.1 Å². The van der Waals surface area contributed by atoms with Crippen molar-refractivity contribution in [2.24, 2.45) is 0 Å². The first-order chi connectivity index (χ1) is 12.4. The molecule has 5 nitrogen and oxygen atoms in total. The van der Waals surface area contributed by atoms with E-state index in [0.717, 1.165) is 5.39 Å². The van der Waals surface area contributed by atoms with Gasteiger partial charge in [-0.3, -0.25) is 4.79 Å². The number of carbonyl (C=O) groups is 1. The second-order valence-corrected chi connectivity index (χ2v) is 5.44. The number of halogens is 3. The minimum atomic E-state index is -4.47. The number of pyridine rings is 2. The highest BCUT2D eigenvalue weighted by molar-refractivity contribution is 5.94. The zero-order valence-electron chi connectivity index (χ0n) is 13.5. The number of hydrogen-bond donors (Lipinski definition) is 1. The van der Waals surface area contributed by atoms with Gasteiger partial charge in [-0.1, -0.05) is 30.3 Å². The largest absolute Gasteiger partial charge is 0.468 e. The molecule has 2 heterocycles. The molecule has 0 aliphatic heterocycles. The molecule has 0 unspecified atom stereocenters. The van der Waals surface area contributed by atoms with Gasteiger partial charge in [0.25, 0.3) is 5.91 Å². The molecule has 8 heteroatoms. The predicted molar refractivity (Wildman–Crippen MR) is 88.7 cm³/mol. The van der Waals surface area contributed by atoms with Gasteiger partial charge in [0.2, 0.25) is 5.88 Å². The van der Waals surface area contributed by atoms with E-state index in [4.69, 9.17) is 4.74 Å². The Morgan fingerprint density at radius 2 is 1.88 bits per heavy atom. The number of para-hydroxylation sites is 1. The van der Waals surface area contributed by atoms with Crippen molar-refractivity contribution in [2.45, 2.75) is 12.7 Å². The van der Waals surface area contributed by atoms with Crippen molar-refractivity contribution in [2.75, 3.05) is 6.61 Å². The number of nitrogens with zero attached hydrogens (tertiary/aromatic N) is 2. The van der Waals surface area contributed by atoms with E-state index in [0.29, 0.717) is 11.1 Å². The highest BCUT2D eigenvalue weighted by Crippen LogP contribution is 2.20. The lowest BCUT2D eigenvalue weighted by molar-refractivity contribution is -0.154. The second kappa shape index (κ2) is 7.38. The van der Waals surface area contributed by atoms with Crippen LogP contribution in [0.5, 0.6) is 5.88 Å². The molecule has 1 aromatic carbocycles. The van der Waals surface area contributed by atoms with Gasteiger partial charge < -0.3 is 10.1 Å². The Morgan fingerprint density at radius 1 is 1.08 bits per heavy atom.